The van der Waals surface area contributed by atoms with Crippen LogP contribution in [0.4, 0.5) is 5.69 Å². The minimum atomic E-state index is -0.382. The summed E-state index contributed by atoms with van der Waals surface area (Å²) in [5.41, 5.74) is 0.698. The van der Waals surface area contributed by atoms with Crippen molar-refractivity contribution in [3.8, 4) is 11.8 Å². The molecule has 0 aromatic heterocycles. The van der Waals surface area contributed by atoms with Crippen LogP contribution in [0, 0.1) is 11.3 Å². The molecule has 0 atom stereocenters. The molecular weight excluding hydrogens is 311 g/mol. The van der Waals surface area contributed by atoms with Crippen LogP contribution < -0.4 is 10.1 Å². The molecule has 0 aliphatic carbocycles. The molecule has 0 saturated carbocycles. The summed E-state index contributed by atoms with van der Waals surface area (Å²) < 4.78 is 5.32. The van der Waals surface area contributed by atoms with Crippen LogP contribution in [0.15, 0.2) is 42.5 Å². The molecular formula is C15H10Cl2N2O2. The summed E-state index contributed by atoms with van der Waals surface area (Å²) in [5.74, 6) is -0.119. The van der Waals surface area contributed by atoms with Crippen molar-refractivity contribution in [3.63, 3.8) is 0 Å². The van der Waals surface area contributed by atoms with Crippen LogP contribution in [0.2, 0.25) is 10.0 Å². The standard InChI is InChI=1S/C15H10Cl2N2O2/c16-11-5-3-7-14(10(11)8-18)21-9-15(20)19-13-6-2-1-4-12(13)17/h1-7H,9H2,(H,19,20). The first-order chi connectivity index (χ1) is 10.1. The van der Waals surface area contributed by atoms with Crippen molar-refractivity contribution in [1.82, 2.24) is 0 Å². The first-order valence-corrected chi connectivity index (χ1v) is 6.73. The topological polar surface area (TPSA) is 62.1 Å². The number of rotatable bonds is 4. The van der Waals surface area contributed by atoms with Gasteiger partial charge in [0, 0.05) is 0 Å². The Labute approximate surface area is 131 Å². The average Bonchev–Trinajstić information content (AvgIpc) is 2.47. The maximum absolute atomic E-state index is 11.8. The Kier molecular flexibility index (Phi) is 5.04. The average molecular weight is 321 g/mol. The molecule has 4 nitrogen and oxygen atoms in total. The highest BCUT2D eigenvalue weighted by Crippen LogP contribution is 2.25. The van der Waals surface area contributed by atoms with Gasteiger partial charge in [-0.3, -0.25) is 4.79 Å². The third-order valence-electron chi connectivity index (χ3n) is 2.59. The van der Waals surface area contributed by atoms with Gasteiger partial charge in [-0.2, -0.15) is 5.26 Å². The first-order valence-electron chi connectivity index (χ1n) is 5.97. The second kappa shape index (κ2) is 6.98. The molecule has 0 heterocycles. The van der Waals surface area contributed by atoms with Crippen molar-refractivity contribution in [2.75, 3.05) is 11.9 Å². The van der Waals surface area contributed by atoms with Gasteiger partial charge in [0.25, 0.3) is 5.91 Å². The number of carbonyl (C=O) groups excluding carboxylic acids is 1. The molecule has 0 unspecified atom stereocenters. The normalized spacial score (nSPS) is 9.76. The maximum atomic E-state index is 11.8. The molecule has 21 heavy (non-hydrogen) atoms. The number of ether oxygens (including phenoxy) is 1. The van der Waals surface area contributed by atoms with Crippen LogP contribution in [0.3, 0.4) is 0 Å². The fraction of sp³-hybridized carbons (Fsp3) is 0.0667. The number of nitriles is 1. The minimum absolute atomic E-state index is 0.199. The quantitative estimate of drug-likeness (QED) is 0.929. The van der Waals surface area contributed by atoms with Gasteiger partial charge in [-0.1, -0.05) is 41.4 Å². The lowest BCUT2D eigenvalue weighted by atomic mass is 10.2. The summed E-state index contributed by atoms with van der Waals surface area (Å²) in [5, 5.41) is 12.3. The number of halogens is 2. The highest BCUT2D eigenvalue weighted by atomic mass is 35.5. The van der Waals surface area contributed by atoms with Gasteiger partial charge in [0.05, 0.1) is 15.7 Å². The molecule has 0 saturated heterocycles. The van der Waals surface area contributed by atoms with Crippen molar-refractivity contribution in [2.45, 2.75) is 0 Å². The Morgan fingerprint density at radius 2 is 1.86 bits per heavy atom. The molecule has 1 amide bonds. The summed E-state index contributed by atoms with van der Waals surface area (Å²) in [6, 6.07) is 13.6. The predicted molar refractivity (Wildman–Crippen MR) is 81.7 cm³/mol. The highest BCUT2D eigenvalue weighted by Gasteiger charge is 2.10. The van der Waals surface area contributed by atoms with Crippen molar-refractivity contribution in [1.29, 1.82) is 5.26 Å². The molecule has 0 fully saturated rings. The van der Waals surface area contributed by atoms with E-state index in [9.17, 15) is 4.79 Å². The molecule has 2 rings (SSSR count). The van der Waals surface area contributed by atoms with Crippen LogP contribution in [0.1, 0.15) is 5.56 Å². The van der Waals surface area contributed by atoms with Gasteiger partial charge >= 0.3 is 0 Å². The van der Waals surface area contributed by atoms with Gasteiger partial charge in [-0.05, 0) is 24.3 Å². The largest absolute Gasteiger partial charge is 0.482 e. The van der Waals surface area contributed by atoms with E-state index in [1.54, 1.807) is 42.5 Å². The second-order valence-corrected chi connectivity index (χ2v) is 4.86. The lowest BCUT2D eigenvalue weighted by Gasteiger charge is -2.10. The van der Waals surface area contributed by atoms with E-state index >= 15 is 0 Å². The Hall–Kier alpha value is -2.22. The molecule has 0 aliphatic heterocycles. The van der Waals surface area contributed by atoms with Crippen LogP contribution in [0.25, 0.3) is 0 Å². The third kappa shape index (κ3) is 3.88. The Balaban J connectivity index is 2.01. The van der Waals surface area contributed by atoms with E-state index in [-0.39, 0.29) is 28.8 Å². The maximum Gasteiger partial charge on any atom is 0.262 e. The summed E-state index contributed by atoms with van der Waals surface area (Å²) in [7, 11) is 0. The van der Waals surface area contributed by atoms with E-state index in [4.69, 9.17) is 33.2 Å². The van der Waals surface area contributed by atoms with E-state index in [1.165, 1.54) is 0 Å². The Morgan fingerprint density at radius 1 is 1.14 bits per heavy atom. The highest BCUT2D eigenvalue weighted by molar-refractivity contribution is 6.33. The van der Waals surface area contributed by atoms with Gasteiger partial charge in [0.15, 0.2) is 6.61 Å². The van der Waals surface area contributed by atoms with E-state index in [0.717, 1.165) is 0 Å². The predicted octanol–water partition coefficient (Wildman–Crippen LogP) is 3.88. The first kappa shape index (κ1) is 15.2. The second-order valence-electron chi connectivity index (χ2n) is 4.04. The molecule has 0 radical (unpaired) electrons. The van der Waals surface area contributed by atoms with Gasteiger partial charge in [0.2, 0.25) is 0 Å². The molecule has 2 aromatic rings. The molecule has 106 valence electrons. The number of hydrogen-bond donors (Lipinski definition) is 1. The summed E-state index contributed by atoms with van der Waals surface area (Å²) >= 11 is 11.8. The molecule has 0 spiro atoms. The molecule has 6 heteroatoms. The molecule has 0 bridgehead atoms. The zero-order chi connectivity index (χ0) is 15.2. The van der Waals surface area contributed by atoms with Crippen LogP contribution in [-0.4, -0.2) is 12.5 Å². The monoisotopic (exact) mass is 320 g/mol. The van der Waals surface area contributed by atoms with Gasteiger partial charge in [-0.25, -0.2) is 0 Å². The van der Waals surface area contributed by atoms with Crippen LogP contribution in [0.5, 0.6) is 5.75 Å². The smallest absolute Gasteiger partial charge is 0.262 e. The minimum Gasteiger partial charge on any atom is -0.482 e. The van der Waals surface area contributed by atoms with Crippen LogP contribution in [-0.2, 0) is 4.79 Å². The number of anilines is 1. The zero-order valence-corrected chi connectivity index (χ0v) is 12.3. The van der Waals surface area contributed by atoms with Crippen molar-refractivity contribution < 1.29 is 9.53 Å². The fourth-order valence-electron chi connectivity index (χ4n) is 1.63. The number of carbonyl (C=O) groups is 1. The number of amides is 1. The van der Waals surface area contributed by atoms with E-state index < -0.39 is 0 Å². The Bertz CT molecular complexity index is 711. The fourth-order valence-corrected chi connectivity index (χ4v) is 2.02. The molecule has 1 N–H and O–H groups in total. The van der Waals surface area contributed by atoms with Gasteiger partial charge < -0.3 is 10.1 Å². The lowest BCUT2D eigenvalue weighted by Crippen LogP contribution is -2.20. The Morgan fingerprint density at radius 3 is 2.57 bits per heavy atom. The number of nitrogens with zero attached hydrogens (tertiary/aromatic N) is 1. The SMILES string of the molecule is N#Cc1c(Cl)cccc1OCC(=O)Nc1ccccc1Cl. The van der Waals surface area contributed by atoms with Crippen molar-refractivity contribution >= 4 is 34.8 Å². The van der Waals surface area contributed by atoms with Gasteiger partial charge in [0.1, 0.15) is 17.4 Å². The number of hydrogen-bond acceptors (Lipinski definition) is 3. The number of benzene rings is 2. The van der Waals surface area contributed by atoms with Crippen molar-refractivity contribution in [2.24, 2.45) is 0 Å². The van der Waals surface area contributed by atoms with Crippen LogP contribution >= 0.6 is 23.2 Å². The summed E-state index contributed by atoms with van der Waals surface area (Å²) in [6.45, 7) is -0.250. The van der Waals surface area contributed by atoms with Gasteiger partial charge in [-0.15, -0.1) is 0 Å². The van der Waals surface area contributed by atoms with E-state index in [2.05, 4.69) is 5.32 Å². The molecule has 2 aromatic carbocycles. The zero-order valence-electron chi connectivity index (χ0n) is 10.8. The van der Waals surface area contributed by atoms with Crippen molar-refractivity contribution in [3.05, 3.63) is 58.1 Å². The van der Waals surface area contributed by atoms with E-state index in [0.29, 0.717) is 10.7 Å². The third-order valence-corrected chi connectivity index (χ3v) is 3.24. The summed E-state index contributed by atoms with van der Waals surface area (Å²) in [4.78, 5) is 11.8. The number of para-hydroxylation sites is 1. The lowest BCUT2D eigenvalue weighted by molar-refractivity contribution is -0.118. The van der Waals surface area contributed by atoms with E-state index in [1.807, 2.05) is 6.07 Å². The molecule has 0 aliphatic rings. The number of nitrogens with one attached hydrogen (secondary N) is 1. The summed E-state index contributed by atoms with van der Waals surface area (Å²) in [6.07, 6.45) is 0.